The zero-order chi connectivity index (χ0) is 16.7. The van der Waals surface area contributed by atoms with Crippen LogP contribution in [0.2, 0.25) is 0 Å². The second-order valence-electron chi connectivity index (χ2n) is 7.73. The highest BCUT2D eigenvalue weighted by Gasteiger charge is 2.49. The van der Waals surface area contributed by atoms with Crippen LogP contribution in [0.4, 0.5) is 0 Å². The first-order chi connectivity index (χ1) is 10.8. The summed E-state index contributed by atoms with van der Waals surface area (Å²) in [6.45, 7) is 4.97. The summed E-state index contributed by atoms with van der Waals surface area (Å²) in [4.78, 5) is 0. The van der Waals surface area contributed by atoms with E-state index >= 15 is 0 Å². The van der Waals surface area contributed by atoms with Crippen LogP contribution in [0.25, 0.3) is 0 Å². The maximum atomic E-state index is 9.42. The van der Waals surface area contributed by atoms with Crippen LogP contribution in [-0.2, 0) is 18.9 Å². The van der Waals surface area contributed by atoms with Crippen LogP contribution in [0, 0.1) is 16.7 Å². The number of ether oxygens (including phenoxy) is 4. The van der Waals surface area contributed by atoms with Crippen molar-refractivity contribution in [2.75, 3.05) is 13.2 Å². The van der Waals surface area contributed by atoms with E-state index in [9.17, 15) is 10.2 Å². The maximum absolute atomic E-state index is 9.42. The molecule has 0 bridgehead atoms. The van der Waals surface area contributed by atoms with Gasteiger partial charge in [0.05, 0.1) is 25.7 Å². The predicted molar refractivity (Wildman–Crippen MR) is 81.5 cm³/mol. The first kappa shape index (κ1) is 16.8. The molecule has 3 atom stereocenters. The highest BCUT2D eigenvalue weighted by atomic mass is 16.8. The van der Waals surface area contributed by atoms with Crippen LogP contribution in [-0.4, -0.2) is 36.4 Å². The van der Waals surface area contributed by atoms with E-state index in [4.69, 9.17) is 18.9 Å². The molecule has 2 N–H and O–H groups in total. The highest BCUT2D eigenvalue weighted by molar-refractivity contribution is 5.32. The van der Waals surface area contributed by atoms with Gasteiger partial charge in [0, 0.05) is 16.6 Å². The SMILES string of the molecule is CC1CC(C)(C)CC(C2=COC(O)OC2)(C2=COC(O)OC2)C1. The predicted octanol–water partition coefficient (Wildman–Crippen LogP) is 2.23. The van der Waals surface area contributed by atoms with E-state index in [-0.39, 0.29) is 10.8 Å². The van der Waals surface area contributed by atoms with Crippen molar-refractivity contribution in [2.24, 2.45) is 16.7 Å². The monoisotopic (exact) mass is 326 g/mol. The standard InChI is InChI=1S/C17H26O6/c1-11-4-16(2,3)10-17(5-11,12-6-20-14(18)21-7-12)13-8-22-15(19)23-9-13/h6,8,11,14-15,18-19H,4-5,7,9-10H2,1-3H3. The average molecular weight is 326 g/mol. The third-order valence-corrected chi connectivity index (χ3v) is 5.02. The molecule has 0 saturated heterocycles. The molecular weight excluding hydrogens is 300 g/mol. The first-order valence-corrected chi connectivity index (χ1v) is 8.10. The molecule has 0 amide bonds. The largest absolute Gasteiger partial charge is 0.449 e. The van der Waals surface area contributed by atoms with E-state index < -0.39 is 13.0 Å². The number of rotatable bonds is 2. The molecule has 2 heterocycles. The van der Waals surface area contributed by atoms with Crippen LogP contribution < -0.4 is 0 Å². The molecule has 3 unspecified atom stereocenters. The number of hydrogen-bond donors (Lipinski definition) is 2. The van der Waals surface area contributed by atoms with Crippen LogP contribution in [0.5, 0.6) is 0 Å². The summed E-state index contributed by atoms with van der Waals surface area (Å²) in [6, 6.07) is 0. The van der Waals surface area contributed by atoms with Crippen LogP contribution in [0.15, 0.2) is 23.7 Å². The van der Waals surface area contributed by atoms with Gasteiger partial charge in [-0.2, -0.15) is 0 Å². The minimum Gasteiger partial charge on any atom is -0.449 e. The molecule has 1 aliphatic carbocycles. The molecule has 0 aromatic heterocycles. The summed E-state index contributed by atoms with van der Waals surface area (Å²) in [5.74, 6) is 0.513. The Bertz CT molecular complexity index is 479. The lowest BCUT2D eigenvalue weighted by Crippen LogP contribution is -2.44. The zero-order valence-electron chi connectivity index (χ0n) is 13.9. The second kappa shape index (κ2) is 6.09. The Morgan fingerprint density at radius 3 is 1.87 bits per heavy atom. The summed E-state index contributed by atoms with van der Waals surface area (Å²) < 4.78 is 21.0. The van der Waals surface area contributed by atoms with Crippen molar-refractivity contribution in [2.45, 2.75) is 53.0 Å². The Hall–Kier alpha value is -1.08. The molecule has 0 radical (unpaired) electrons. The molecule has 3 aliphatic rings. The van der Waals surface area contributed by atoms with Crippen molar-refractivity contribution in [3.8, 4) is 0 Å². The minimum atomic E-state index is -1.21. The van der Waals surface area contributed by atoms with Gasteiger partial charge in [-0.1, -0.05) is 20.8 Å². The topological polar surface area (TPSA) is 77.4 Å². The maximum Gasteiger partial charge on any atom is 0.313 e. The summed E-state index contributed by atoms with van der Waals surface area (Å²) in [5, 5.41) is 18.8. The fraction of sp³-hybridized carbons (Fsp3) is 0.765. The Morgan fingerprint density at radius 2 is 1.48 bits per heavy atom. The van der Waals surface area contributed by atoms with Gasteiger partial charge in [0.25, 0.3) is 0 Å². The molecule has 130 valence electrons. The Balaban J connectivity index is 1.99. The summed E-state index contributed by atoms with van der Waals surface area (Å²) in [6.07, 6.45) is 6.22. The molecule has 2 aliphatic heterocycles. The van der Waals surface area contributed by atoms with Crippen molar-refractivity contribution in [3.05, 3.63) is 23.7 Å². The summed E-state index contributed by atoms with van der Waals surface area (Å²) >= 11 is 0. The summed E-state index contributed by atoms with van der Waals surface area (Å²) in [5.41, 5.74) is 1.81. The fourth-order valence-electron chi connectivity index (χ4n) is 4.52. The lowest BCUT2D eigenvalue weighted by atomic mass is 9.55. The van der Waals surface area contributed by atoms with E-state index in [1.807, 2.05) is 0 Å². The quantitative estimate of drug-likeness (QED) is 0.810. The van der Waals surface area contributed by atoms with E-state index in [2.05, 4.69) is 20.8 Å². The Labute approximate surface area is 136 Å². The minimum absolute atomic E-state index is 0.144. The van der Waals surface area contributed by atoms with Gasteiger partial charge in [-0.3, -0.25) is 0 Å². The molecule has 0 spiro atoms. The number of hydrogen-bond acceptors (Lipinski definition) is 6. The van der Waals surface area contributed by atoms with Gasteiger partial charge in [-0.25, -0.2) is 0 Å². The molecule has 1 fully saturated rings. The van der Waals surface area contributed by atoms with E-state index in [0.717, 1.165) is 30.4 Å². The van der Waals surface area contributed by atoms with E-state index in [1.54, 1.807) is 12.5 Å². The average Bonchev–Trinajstić information content (AvgIpc) is 2.46. The smallest absolute Gasteiger partial charge is 0.313 e. The molecule has 1 saturated carbocycles. The zero-order valence-corrected chi connectivity index (χ0v) is 13.9. The van der Waals surface area contributed by atoms with Gasteiger partial charge in [-0.15, -0.1) is 0 Å². The Kier molecular flexibility index (Phi) is 4.44. The van der Waals surface area contributed by atoms with E-state index in [0.29, 0.717) is 19.1 Å². The van der Waals surface area contributed by atoms with Gasteiger partial charge >= 0.3 is 13.0 Å². The fourth-order valence-corrected chi connectivity index (χ4v) is 4.52. The molecule has 6 heteroatoms. The van der Waals surface area contributed by atoms with E-state index in [1.165, 1.54) is 0 Å². The molecule has 3 rings (SSSR count). The molecular formula is C17H26O6. The second-order valence-corrected chi connectivity index (χ2v) is 7.73. The van der Waals surface area contributed by atoms with Crippen LogP contribution >= 0.6 is 0 Å². The molecule has 0 aromatic rings. The third kappa shape index (κ3) is 3.40. The van der Waals surface area contributed by atoms with Gasteiger partial charge in [-0.05, 0) is 30.6 Å². The van der Waals surface area contributed by atoms with Gasteiger partial charge in [0.1, 0.15) is 0 Å². The first-order valence-electron chi connectivity index (χ1n) is 8.10. The molecule has 0 aromatic carbocycles. The molecule has 23 heavy (non-hydrogen) atoms. The highest BCUT2D eigenvalue weighted by Crippen LogP contribution is 2.56. The van der Waals surface area contributed by atoms with Gasteiger partial charge < -0.3 is 29.2 Å². The van der Waals surface area contributed by atoms with Gasteiger partial charge in [0.2, 0.25) is 0 Å². The van der Waals surface area contributed by atoms with Crippen molar-refractivity contribution >= 4 is 0 Å². The molecule has 6 nitrogen and oxygen atoms in total. The van der Waals surface area contributed by atoms with Crippen molar-refractivity contribution in [1.82, 2.24) is 0 Å². The third-order valence-electron chi connectivity index (χ3n) is 5.02. The Morgan fingerprint density at radius 1 is 0.957 bits per heavy atom. The van der Waals surface area contributed by atoms with Crippen LogP contribution in [0.1, 0.15) is 40.0 Å². The summed E-state index contributed by atoms with van der Waals surface area (Å²) in [7, 11) is 0. The normalized spacial score (nSPS) is 40.5. The van der Waals surface area contributed by atoms with Gasteiger partial charge in [0.15, 0.2) is 0 Å². The lowest BCUT2D eigenvalue weighted by Gasteiger charge is -2.51. The van der Waals surface area contributed by atoms with Crippen LogP contribution in [0.3, 0.4) is 0 Å². The van der Waals surface area contributed by atoms with Crippen molar-refractivity contribution < 1.29 is 29.2 Å². The lowest BCUT2D eigenvalue weighted by molar-refractivity contribution is -0.251. The van der Waals surface area contributed by atoms with Crippen molar-refractivity contribution in [3.63, 3.8) is 0 Å². The van der Waals surface area contributed by atoms with Crippen molar-refractivity contribution in [1.29, 1.82) is 0 Å². The number of aliphatic hydroxyl groups excluding tert-OH is 2. The number of aliphatic hydroxyl groups is 2.